The number of nitrogens with zero attached hydrogens (tertiary/aromatic N) is 5. The van der Waals surface area contributed by atoms with Gasteiger partial charge in [-0.05, 0) is 32.3 Å². The van der Waals surface area contributed by atoms with Gasteiger partial charge in [0.15, 0.2) is 5.82 Å². The Morgan fingerprint density at radius 1 is 1.30 bits per heavy atom. The quantitative estimate of drug-likeness (QED) is 0.813. The smallest absolute Gasteiger partial charge is 0.166 e. The summed E-state index contributed by atoms with van der Waals surface area (Å²) in [6.45, 7) is 5.48. The Kier molecular flexibility index (Phi) is 4.66. The van der Waals surface area contributed by atoms with Gasteiger partial charge < -0.3 is 9.88 Å². The van der Waals surface area contributed by atoms with Crippen LogP contribution in [0, 0.1) is 25.2 Å². The standard InChI is InChI=1S/C14H18N6/c1-11-12(2)18-19-14(13(11)9-15)17-5-3-4-7-20-8-6-16-10-20/h6,8,10H,3-5,7H2,1-2H3,(H,17,19). The molecule has 0 aromatic carbocycles. The average molecular weight is 270 g/mol. The van der Waals surface area contributed by atoms with Crippen molar-refractivity contribution >= 4 is 5.82 Å². The molecule has 0 aliphatic carbocycles. The van der Waals surface area contributed by atoms with E-state index in [2.05, 4.69) is 31.1 Å². The van der Waals surface area contributed by atoms with Crippen LogP contribution in [0.1, 0.15) is 29.7 Å². The topological polar surface area (TPSA) is 79.4 Å². The number of nitrogens with one attached hydrogen (secondary N) is 1. The molecule has 0 unspecified atom stereocenters. The molecule has 2 aromatic rings. The highest BCUT2D eigenvalue weighted by molar-refractivity contribution is 5.55. The van der Waals surface area contributed by atoms with Crippen molar-refractivity contribution in [2.75, 3.05) is 11.9 Å². The van der Waals surface area contributed by atoms with E-state index in [4.69, 9.17) is 0 Å². The van der Waals surface area contributed by atoms with Gasteiger partial charge in [0.05, 0.1) is 12.0 Å². The molecular weight excluding hydrogens is 252 g/mol. The van der Waals surface area contributed by atoms with Gasteiger partial charge in [-0.1, -0.05) is 0 Å². The third kappa shape index (κ3) is 3.32. The summed E-state index contributed by atoms with van der Waals surface area (Å²) in [6.07, 6.45) is 7.59. The fraction of sp³-hybridized carbons (Fsp3) is 0.429. The van der Waals surface area contributed by atoms with Crippen molar-refractivity contribution in [1.29, 1.82) is 5.26 Å². The molecule has 20 heavy (non-hydrogen) atoms. The van der Waals surface area contributed by atoms with Gasteiger partial charge in [-0.15, -0.1) is 5.10 Å². The zero-order chi connectivity index (χ0) is 14.4. The van der Waals surface area contributed by atoms with Gasteiger partial charge in [-0.25, -0.2) is 4.98 Å². The fourth-order valence-electron chi connectivity index (χ4n) is 1.91. The van der Waals surface area contributed by atoms with Crippen LogP contribution >= 0.6 is 0 Å². The first-order valence-electron chi connectivity index (χ1n) is 6.66. The molecule has 0 bridgehead atoms. The average Bonchev–Trinajstić information content (AvgIpc) is 2.96. The largest absolute Gasteiger partial charge is 0.367 e. The molecule has 0 saturated heterocycles. The van der Waals surface area contributed by atoms with E-state index in [-0.39, 0.29) is 0 Å². The number of hydrogen-bond acceptors (Lipinski definition) is 5. The summed E-state index contributed by atoms with van der Waals surface area (Å²) < 4.78 is 2.05. The SMILES string of the molecule is Cc1nnc(NCCCCn2ccnc2)c(C#N)c1C. The van der Waals surface area contributed by atoms with Crippen molar-refractivity contribution in [3.05, 3.63) is 35.5 Å². The van der Waals surface area contributed by atoms with Crippen molar-refractivity contribution in [1.82, 2.24) is 19.7 Å². The zero-order valence-electron chi connectivity index (χ0n) is 11.8. The molecule has 0 fully saturated rings. The van der Waals surface area contributed by atoms with E-state index in [0.29, 0.717) is 11.4 Å². The summed E-state index contributed by atoms with van der Waals surface area (Å²) in [4.78, 5) is 4.00. The Hall–Kier alpha value is -2.42. The lowest BCUT2D eigenvalue weighted by atomic mass is 10.1. The van der Waals surface area contributed by atoms with E-state index in [1.54, 1.807) is 6.20 Å². The second kappa shape index (κ2) is 6.66. The van der Waals surface area contributed by atoms with Crippen LogP contribution in [-0.2, 0) is 6.54 Å². The maximum Gasteiger partial charge on any atom is 0.166 e. The first-order chi connectivity index (χ1) is 9.72. The van der Waals surface area contributed by atoms with Gasteiger partial charge in [0.25, 0.3) is 0 Å². The van der Waals surface area contributed by atoms with E-state index < -0.39 is 0 Å². The third-order valence-corrected chi connectivity index (χ3v) is 3.26. The summed E-state index contributed by atoms with van der Waals surface area (Å²) in [5.41, 5.74) is 2.28. The van der Waals surface area contributed by atoms with E-state index in [1.807, 2.05) is 26.4 Å². The molecule has 0 atom stereocenters. The molecule has 2 aromatic heterocycles. The molecule has 0 spiro atoms. The van der Waals surface area contributed by atoms with Crippen molar-refractivity contribution in [3.63, 3.8) is 0 Å². The summed E-state index contributed by atoms with van der Waals surface area (Å²) in [6, 6.07) is 2.19. The van der Waals surface area contributed by atoms with Gasteiger partial charge >= 0.3 is 0 Å². The number of anilines is 1. The lowest BCUT2D eigenvalue weighted by Crippen LogP contribution is -2.09. The van der Waals surface area contributed by atoms with Crippen LogP contribution < -0.4 is 5.32 Å². The number of unbranched alkanes of at least 4 members (excludes halogenated alkanes) is 1. The van der Waals surface area contributed by atoms with E-state index in [9.17, 15) is 5.26 Å². The minimum atomic E-state index is 0.582. The summed E-state index contributed by atoms with van der Waals surface area (Å²) in [7, 11) is 0. The minimum absolute atomic E-state index is 0.582. The number of hydrogen-bond donors (Lipinski definition) is 1. The van der Waals surface area contributed by atoms with Crippen LogP contribution in [0.2, 0.25) is 0 Å². The number of rotatable bonds is 6. The van der Waals surface area contributed by atoms with Crippen molar-refractivity contribution in [2.45, 2.75) is 33.2 Å². The molecule has 2 rings (SSSR count). The third-order valence-electron chi connectivity index (χ3n) is 3.26. The molecule has 0 amide bonds. The first kappa shape index (κ1) is 14.0. The molecule has 0 saturated carbocycles. The Labute approximate surface area is 118 Å². The molecule has 104 valence electrons. The maximum absolute atomic E-state index is 9.18. The van der Waals surface area contributed by atoms with Gasteiger partial charge in [-0.2, -0.15) is 10.4 Å². The van der Waals surface area contributed by atoms with Crippen LogP contribution in [0.4, 0.5) is 5.82 Å². The minimum Gasteiger partial charge on any atom is -0.367 e. The van der Waals surface area contributed by atoms with Gasteiger partial charge in [-0.3, -0.25) is 0 Å². The van der Waals surface area contributed by atoms with Crippen molar-refractivity contribution < 1.29 is 0 Å². The molecule has 0 aliphatic rings. The fourth-order valence-corrected chi connectivity index (χ4v) is 1.91. The number of nitriles is 1. The summed E-state index contributed by atoms with van der Waals surface area (Å²) in [5, 5.41) is 20.5. The molecule has 6 heteroatoms. The number of aryl methyl sites for hydroxylation is 2. The highest BCUT2D eigenvalue weighted by Gasteiger charge is 2.09. The summed E-state index contributed by atoms with van der Waals surface area (Å²) in [5.74, 6) is 0.582. The van der Waals surface area contributed by atoms with Crippen LogP contribution in [0.3, 0.4) is 0 Å². The lowest BCUT2D eigenvalue weighted by molar-refractivity contribution is 0.620. The molecule has 2 heterocycles. The highest BCUT2D eigenvalue weighted by Crippen LogP contribution is 2.16. The van der Waals surface area contributed by atoms with E-state index >= 15 is 0 Å². The Morgan fingerprint density at radius 3 is 2.85 bits per heavy atom. The van der Waals surface area contributed by atoms with Gasteiger partial charge in [0.2, 0.25) is 0 Å². The molecule has 0 radical (unpaired) electrons. The predicted molar refractivity (Wildman–Crippen MR) is 76.2 cm³/mol. The van der Waals surface area contributed by atoms with E-state index in [1.165, 1.54) is 0 Å². The Balaban J connectivity index is 1.82. The molecule has 6 nitrogen and oxygen atoms in total. The van der Waals surface area contributed by atoms with Crippen LogP contribution in [-0.4, -0.2) is 26.3 Å². The Morgan fingerprint density at radius 2 is 2.15 bits per heavy atom. The van der Waals surface area contributed by atoms with Crippen LogP contribution in [0.5, 0.6) is 0 Å². The first-order valence-corrected chi connectivity index (χ1v) is 6.66. The zero-order valence-corrected chi connectivity index (χ0v) is 11.8. The lowest BCUT2D eigenvalue weighted by Gasteiger charge is -2.09. The monoisotopic (exact) mass is 270 g/mol. The molecule has 0 aliphatic heterocycles. The van der Waals surface area contributed by atoms with Crippen LogP contribution in [0.15, 0.2) is 18.7 Å². The van der Waals surface area contributed by atoms with Crippen molar-refractivity contribution in [2.24, 2.45) is 0 Å². The normalized spacial score (nSPS) is 10.2. The Bertz CT molecular complexity index is 597. The van der Waals surface area contributed by atoms with E-state index in [0.717, 1.165) is 37.2 Å². The maximum atomic E-state index is 9.18. The number of aromatic nitrogens is 4. The van der Waals surface area contributed by atoms with Crippen LogP contribution in [0.25, 0.3) is 0 Å². The van der Waals surface area contributed by atoms with Gasteiger partial charge in [0.1, 0.15) is 11.6 Å². The van der Waals surface area contributed by atoms with Gasteiger partial charge in [0, 0.05) is 25.5 Å². The number of imidazole rings is 1. The predicted octanol–water partition coefficient (Wildman–Crippen LogP) is 2.05. The second-order valence-corrected chi connectivity index (χ2v) is 4.68. The summed E-state index contributed by atoms with van der Waals surface area (Å²) >= 11 is 0. The second-order valence-electron chi connectivity index (χ2n) is 4.68. The molecular formula is C14H18N6. The highest BCUT2D eigenvalue weighted by atomic mass is 15.2. The molecule has 1 N–H and O–H groups in total. The van der Waals surface area contributed by atoms with Crippen molar-refractivity contribution in [3.8, 4) is 6.07 Å².